The zero-order valence-corrected chi connectivity index (χ0v) is 11.5. The summed E-state index contributed by atoms with van der Waals surface area (Å²) in [6.07, 6.45) is 2.28. The number of amides is 1. The van der Waals surface area contributed by atoms with E-state index < -0.39 is 0 Å². The van der Waals surface area contributed by atoms with Crippen molar-refractivity contribution >= 4 is 5.91 Å². The minimum absolute atomic E-state index is 0.195. The normalized spacial score (nSPS) is 19.8. The van der Waals surface area contributed by atoms with E-state index in [1.165, 1.54) is 6.42 Å². The summed E-state index contributed by atoms with van der Waals surface area (Å²) in [4.78, 5) is 14.2. The van der Waals surface area contributed by atoms with Crippen LogP contribution in [0.25, 0.3) is 0 Å². The maximum atomic E-state index is 11.8. The van der Waals surface area contributed by atoms with Gasteiger partial charge in [-0.15, -0.1) is 0 Å². The smallest absolute Gasteiger partial charge is 0.289 e. The van der Waals surface area contributed by atoms with Crippen molar-refractivity contribution in [3.05, 3.63) is 17.5 Å². The van der Waals surface area contributed by atoms with Gasteiger partial charge in [0.25, 0.3) is 5.91 Å². The van der Waals surface area contributed by atoms with Crippen LogP contribution in [0, 0.1) is 6.92 Å². The van der Waals surface area contributed by atoms with Crippen LogP contribution in [0.2, 0.25) is 0 Å². The second-order valence-corrected chi connectivity index (χ2v) is 4.87. The van der Waals surface area contributed by atoms with Gasteiger partial charge in [0.2, 0.25) is 5.76 Å². The zero-order chi connectivity index (χ0) is 13.7. The number of rotatable bonds is 6. The summed E-state index contributed by atoms with van der Waals surface area (Å²) in [5.41, 5.74) is 0.715. The van der Waals surface area contributed by atoms with E-state index in [1.807, 2.05) is 0 Å². The molecule has 1 saturated heterocycles. The van der Waals surface area contributed by atoms with Crippen LogP contribution in [-0.4, -0.2) is 55.4 Å². The molecule has 1 aromatic heterocycles. The maximum absolute atomic E-state index is 11.8. The highest BCUT2D eigenvalue weighted by Crippen LogP contribution is 2.16. The lowest BCUT2D eigenvalue weighted by Crippen LogP contribution is -2.41. The number of likely N-dealkylation sites (tertiary alicyclic amines) is 1. The summed E-state index contributed by atoms with van der Waals surface area (Å²) in [7, 11) is 1.71. The summed E-state index contributed by atoms with van der Waals surface area (Å²) in [6, 6.07) is 2.04. The molecule has 0 aromatic carbocycles. The molecule has 0 spiro atoms. The predicted octanol–water partition coefficient (Wildman–Crippen LogP) is 0.824. The van der Waals surface area contributed by atoms with Crippen LogP contribution in [0.3, 0.4) is 0 Å². The fraction of sp³-hybridized carbons (Fsp3) is 0.692. The van der Waals surface area contributed by atoms with Crippen molar-refractivity contribution in [1.29, 1.82) is 0 Å². The highest BCUT2D eigenvalue weighted by atomic mass is 16.5. The number of hydrogen-bond donors (Lipinski definition) is 1. The Morgan fingerprint density at radius 1 is 1.68 bits per heavy atom. The van der Waals surface area contributed by atoms with Crippen molar-refractivity contribution in [2.24, 2.45) is 0 Å². The Bertz CT molecular complexity index is 419. The van der Waals surface area contributed by atoms with E-state index >= 15 is 0 Å². The van der Waals surface area contributed by atoms with Crippen LogP contribution >= 0.6 is 0 Å². The molecule has 1 N–H and O–H groups in total. The molecule has 2 rings (SSSR count). The third-order valence-electron chi connectivity index (χ3n) is 3.43. The zero-order valence-electron chi connectivity index (χ0n) is 11.5. The van der Waals surface area contributed by atoms with Crippen molar-refractivity contribution in [2.75, 3.05) is 33.4 Å². The van der Waals surface area contributed by atoms with Gasteiger partial charge in [-0.1, -0.05) is 5.16 Å². The number of nitrogens with zero attached hydrogens (tertiary/aromatic N) is 2. The van der Waals surface area contributed by atoms with Crippen LogP contribution in [0.4, 0.5) is 0 Å². The SMILES string of the molecule is COCCN1CCC[C@@H]1CNC(=O)c1cc(C)no1. The molecular weight excluding hydrogens is 246 g/mol. The van der Waals surface area contributed by atoms with Gasteiger partial charge in [0.1, 0.15) is 0 Å². The molecule has 6 heteroatoms. The minimum Gasteiger partial charge on any atom is -0.383 e. The summed E-state index contributed by atoms with van der Waals surface area (Å²) in [5, 5.41) is 6.62. The quantitative estimate of drug-likeness (QED) is 0.826. The van der Waals surface area contributed by atoms with Crippen molar-refractivity contribution in [3.63, 3.8) is 0 Å². The molecule has 0 saturated carbocycles. The van der Waals surface area contributed by atoms with Gasteiger partial charge in [-0.05, 0) is 26.3 Å². The lowest BCUT2D eigenvalue weighted by Gasteiger charge is -2.23. The van der Waals surface area contributed by atoms with Gasteiger partial charge in [0.15, 0.2) is 0 Å². The van der Waals surface area contributed by atoms with Gasteiger partial charge >= 0.3 is 0 Å². The van der Waals surface area contributed by atoms with Crippen LogP contribution in [0.5, 0.6) is 0 Å². The predicted molar refractivity (Wildman–Crippen MR) is 70.0 cm³/mol. The number of methoxy groups -OCH3 is 1. The largest absolute Gasteiger partial charge is 0.383 e. The number of carbonyl (C=O) groups is 1. The lowest BCUT2D eigenvalue weighted by molar-refractivity contribution is 0.0896. The van der Waals surface area contributed by atoms with E-state index in [-0.39, 0.29) is 11.7 Å². The van der Waals surface area contributed by atoms with Crippen LogP contribution in [-0.2, 0) is 4.74 Å². The molecule has 0 unspecified atom stereocenters. The molecule has 1 aliphatic heterocycles. The van der Waals surface area contributed by atoms with Gasteiger partial charge in [-0.3, -0.25) is 9.69 Å². The Morgan fingerprint density at radius 3 is 3.21 bits per heavy atom. The minimum atomic E-state index is -0.195. The Morgan fingerprint density at radius 2 is 2.53 bits per heavy atom. The van der Waals surface area contributed by atoms with Gasteiger partial charge < -0.3 is 14.6 Å². The van der Waals surface area contributed by atoms with E-state index in [9.17, 15) is 4.79 Å². The van der Waals surface area contributed by atoms with Crippen molar-refractivity contribution in [2.45, 2.75) is 25.8 Å². The number of nitrogens with one attached hydrogen (secondary N) is 1. The first-order valence-electron chi connectivity index (χ1n) is 6.65. The molecule has 1 aliphatic rings. The average molecular weight is 267 g/mol. The van der Waals surface area contributed by atoms with Gasteiger partial charge in [0.05, 0.1) is 12.3 Å². The molecule has 19 heavy (non-hydrogen) atoms. The molecule has 1 atom stereocenters. The highest BCUT2D eigenvalue weighted by molar-refractivity contribution is 5.91. The van der Waals surface area contributed by atoms with Gasteiger partial charge in [-0.2, -0.15) is 0 Å². The number of hydrogen-bond acceptors (Lipinski definition) is 5. The fourth-order valence-corrected chi connectivity index (χ4v) is 2.40. The van der Waals surface area contributed by atoms with Crippen LogP contribution < -0.4 is 5.32 Å². The molecule has 0 aliphatic carbocycles. The van der Waals surface area contributed by atoms with E-state index in [1.54, 1.807) is 20.1 Å². The average Bonchev–Trinajstić information content (AvgIpc) is 3.02. The van der Waals surface area contributed by atoms with Crippen LogP contribution in [0.15, 0.2) is 10.6 Å². The summed E-state index contributed by atoms with van der Waals surface area (Å²) >= 11 is 0. The molecule has 106 valence electrons. The van der Waals surface area contributed by atoms with Crippen molar-refractivity contribution < 1.29 is 14.1 Å². The number of aromatic nitrogens is 1. The standard InChI is InChI=1S/C13H21N3O3/c1-10-8-12(19-15-10)13(17)14-9-11-4-3-5-16(11)6-7-18-2/h8,11H,3-7,9H2,1-2H3,(H,14,17)/t11-/m1/s1. The molecule has 0 radical (unpaired) electrons. The molecular formula is C13H21N3O3. The molecule has 6 nitrogen and oxygen atoms in total. The van der Waals surface area contributed by atoms with E-state index in [0.29, 0.717) is 18.3 Å². The monoisotopic (exact) mass is 267 g/mol. The Kier molecular flexibility index (Phi) is 4.93. The Balaban J connectivity index is 1.79. The fourth-order valence-electron chi connectivity index (χ4n) is 2.40. The van der Waals surface area contributed by atoms with Gasteiger partial charge in [-0.25, -0.2) is 0 Å². The second-order valence-electron chi connectivity index (χ2n) is 4.87. The lowest BCUT2D eigenvalue weighted by atomic mass is 10.2. The molecule has 1 fully saturated rings. The third kappa shape index (κ3) is 3.78. The van der Waals surface area contributed by atoms with Crippen LogP contribution in [0.1, 0.15) is 29.1 Å². The van der Waals surface area contributed by atoms with Gasteiger partial charge in [0, 0.05) is 32.3 Å². The van der Waals surface area contributed by atoms with Crippen molar-refractivity contribution in [1.82, 2.24) is 15.4 Å². The van der Waals surface area contributed by atoms with Crippen molar-refractivity contribution in [3.8, 4) is 0 Å². The second kappa shape index (κ2) is 6.68. The molecule has 1 aromatic rings. The first-order valence-corrected chi connectivity index (χ1v) is 6.65. The Labute approximate surface area is 113 Å². The van der Waals surface area contributed by atoms with E-state index in [4.69, 9.17) is 9.26 Å². The molecule has 2 heterocycles. The first kappa shape index (κ1) is 14.0. The Hall–Kier alpha value is -1.40. The summed E-state index contributed by atoms with van der Waals surface area (Å²) < 4.78 is 10.0. The number of ether oxygens (including phenoxy) is 1. The van der Waals surface area contributed by atoms with E-state index in [0.717, 1.165) is 26.1 Å². The first-order chi connectivity index (χ1) is 9.20. The molecule has 1 amide bonds. The topological polar surface area (TPSA) is 67.6 Å². The highest BCUT2D eigenvalue weighted by Gasteiger charge is 2.24. The number of carbonyl (C=O) groups excluding carboxylic acids is 1. The third-order valence-corrected chi connectivity index (χ3v) is 3.43. The summed E-state index contributed by atoms with van der Waals surface area (Å²) in [5.74, 6) is 0.0816. The van der Waals surface area contributed by atoms with E-state index in [2.05, 4.69) is 15.4 Å². The summed E-state index contributed by atoms with van der Waals surface area (Å²) in [6.45, 7) is 5.15. The maximum Gasteiger partial charge on any atom is 0.289 e. The number of aryl methyl sites for hydroxylation is 1. The molecule has 0 bridgehead atoms.